The third-order valence-corrected chi connectivity index (χ3v) is 6.65. The molecule has 144 valence electrons. The Labute approximate surface area is 158 Å². The lowest BCUT2D eigenvalue weighted by molar-refractivity contribution is -0.133. The highest BCUT2D eigenvalue weighted by Gasteiger charge is 2.31. The molecule has 1 aliphatic rings. The third-order valence-electron chi connectivity index (χ3n) is 4.70. The van der Waals surface area contributed by atoms with Crippen LogP contribution in [0.2, 0.25) is 0 Å². The van der Waals surface area contributed by atoms with Gasteiger partial charge in [-0.05, 0) is 24.3 Å². The number of aromatic nitrogens is 1. The molecule has 27 heavy (non-hydrogen) atoms. The highest BCUT2D eigenvalue weighted by Crippen LogP contribution is 2.26. The van der Waals surface area contributed by atoms with Crippen LogP contribution in [0, 0.1) is 0 Å². The maximum atomic E-state index is 13.1. The molecule has 3 rings (SSSR count). The van der Waals surface area contributed by atoms with Crippen LogP contribution >= 0.6 is 0 Å². The Balaban J connectivity index is 1.70. The first kappa shape index (κ1) is 19.1. The van der Waals surface area contributed by atoms with E-state index in [-0.39, 0.29) is 43.5 Å². The van der Waals surface area contributed by atoms with Crippen molar-refractivity contribution in [3.8, 4) is 0 Å². The SMILES string of the molecule is C=CC(=O)NCC(=O)N1CCN(S(=O)(=O)c2cccc3c2ccn3C)CC1. The summed E-state index contributed by atoms with van der Waals surface area (Å²) in [4.78, 5) is 25.1. The lowest BCUT2D eigenvalue weighted by Crippen LogP contribution is -2.52. The number of fused-ring (bicyclic) bond motifs is 1. The Bertz CT molecular complexity index is 988. The van der Waals surface area contributed by atoms with E-state index >= 15 is 0 Å². The van der Waals surface area contributed by atoms with Crippen LogP contribution in [-0.2, 0) is 26.7 Å². The monoisotopic (exact) mass is 390 g/mol. The van der Waals surface area contributed by atoms with Crippen molar-refractivity contribution in [2.24, 2.45) is 7.05 Å². The molecule has 0 spiro atoms. The number of hydrogen-bond donors (Lipinski definition) is 1. The molecular formula is C18H22N4O4S. The van der Waals surface area contributed by atoms with Crippen molar-refractivity contribution < 1.29 is 18.0 Å². The average Bonchev–Trinajstić information content (AvgIpc) is 3.07. The quantitative estimate of drug-likeness (QED) is 0.744. The van der Waals surface area contributed by atoms with Gasteiger partial charge in [0.1, 0.15) is 0 Å². The van der Waals surface area contributed by atoms with Gasteiger partial charge in [-0.3, -0.25) is 9.59 Å². The lowest BCUT2D eigenvalue weighted by Gasteiger charge is -2.34. The molecule has 9 heteroatoms. The van der Waals surface area contributed by atoms with Crippen LogP contribution in [0.15, 0.2) is 48.0 Å². The minimum absolute atomic E-state index is 0.124. The van der Waals surface area contributed by atoms with Crippen LogP contribution in [-0.4, -0.2) is 66.7 Å². The molecule has 2 aromatic rings. The van der Waals surface area contributed by atoms with E-state index in [0.29, 0.717) is 5.39 Å². The van der Waals surface area contributed by atoms with Gasteiger partial charge in [0.2, 0.25) is 21.8 Å². The van der Waals surface area contributed by atoms with Crippen molar-refractivity contribution in [2.45, 2.75) is 4.90 Å². The van der Waals surface area contributed by atoms with Gasteiger partial charge >= 0.3 is 0 Å². The molecule has 1 aromatic heterocycles. The number of carbonyl (C=O) groups is 2. The maximum Gasteiger partial charge on any atom is 0.243 e. The Morgan fingerprint density at radius 1 is 1.19 bits per heavy atom. The first-order chi connectivity index (χ1) is 12.8. The van der Waals surface area contributed by atoms with E-state index in [1.54, 1.807) is 23.1 Å². The Kier molecular flexibility index (Phi) is 5.33. The normalized spacial score (nSPS) is 15.7. The van der Waals surface area contributed by atoms with Crippen molar-refractivity contribution in [1.29, 1.82) is 0 Å². The van der Waals surface area contributed by atoms with Crippen molar-refractivity contribution in [1.82, 2.24) is 19.1 Å². The molecule has 0 radical (unpaired) electrons. The minimum Gasteiger partial charge on any atom is -0.351 e. The summed E-state index contributed by atoms with van der Waals surface area (Å²) in [7, 11) is -1.79. The molecule has 1 saturated heterocycles. The van der Waals surface area contributed by atoms with Gasteiger partial charge in [-0.15, -0.1) is 0 Å². The van der Waals surface area contributed by atoms with Crippen molar-refractivity contribution in [3.05, 3.63) is 43.1 Å². The number of piperazine rings is 1. The molecular weight excluding hydrogens is 368 g/mol. The highest BCUT2D eigenvalue weighted by atomic mass is 32.2. The van der Waals surface area contributed by atoms with Crippen molar-refractivity contribution in [3.63, 3.8) is 0 Å². The van der Waals surface area contributed by atoms with E-state index in [4.69, 9.17) is 0 Å². The highest BCUT2D eigenvalue weighted by molar-refractivity contribution is 7.89. The van der Waals surface area contributed by atoms with Crippen molar-refractivity contribution in [2.75, 3.05) is 32.7 Å². The molecule has 0 aliphatic carbocycles. The summed E-state index contributed by atoms with van der Waals surface area (Å²) in [6, 6.07) is 7.02. The van der Waals surface area contributed by atoms with Gasteiger partial charge in [0.15, 0.2) is 0 Å². The van der Waals surface area contributed by atoms with E-state index in [0.717, 1.165) is 11.6 Å². The van der Waals surface area contributed by atoms with Gasteiger partial charge < -0.3 is 14.8 Å². The molecule has 2 amide bonds. The van der Waals surface area contributed by atoms with Crippen molar-refractivity contribution >= 4 is 32.7 Å². The Morgan fingerprint density at radius 2 is 1.89 bits per heavy atom. The van der Waals surface area contributed by atoms with Crippen LogP contribution in [0.1, 0.15) is 0 Å². The van der Waals surface area contributed by atoms with Gasteiger partial charge in [-0.1, -0.05) is 12.6 Å². The number of nitrogens with one attached hydrogen (secondary N) is 1. The fourth-order valence-corrected chi connectivity index (χ4v) is 4.79. The van der Waals surface area contributed by atoms with Crippen LogP contribution < -0.4 is 5.32 Å². The number of benzene rings is 1. The summed E-state index contributed by atoms with van der Waals surface area (Å²) in [5, 5.41) is 3.12. The molecule has 0 saturated carbocycles. The van der Waals surface area contributed by atoms with E-state index in [1.807, 2.05) is 23.9 Å². The Morgan fingerprint density at radius 3 is 2.56 bits per heavy atom. The smallest absolute Gasteiger partial charge is 0.243 e. The fraction of sp³-hybridized carbons (Fsp3) is 0.333. The van der Waals surface area contributed by atoms with Crippen LogP contribution in [0.5, 0.6) is 0 Å². The van der Waals surface area contributed by atoms with Crippen LogP contribution in [0.25, 0.3) is 10.9 Å². The summed E-state index contributed by atoms with van der Waals surface area (Å²) >= 11 is 0. The summed E-state index contributed by atoms with van der Waals surface area (Å²) in [5.74, 6) is -0.659. The Hall–Kier alpha value is -2.65. The summed E-state index contributed by atoms with van der Waals surface area (Å²) in [6.07, 6.45) is 2.93. The third kappa shape index (κ3) is 3.74. The van der Waals surface area contributed by atoms with Gasteiger partial charge in [0.05, 0.1) is 11.4 Å². The number of hydrogen-bond acceptors (Lipinski definition) is 4. The second-order valence-corrected chi connectivity index (χ2v) is 8.23. The zero-order valence-electron chi connectivity index (χ0n) is 15.1. The first-order valence-electron chi connectivity index (χ1n) is 8.57. The molecule has 1 fully saturated rings. The molecule has 0 unspecified atom stereocenters. The molecule has 0 bridgehead atoms. The van der Waals surface area contributed by atoms with E-state index in [1.165, 1.54) is 4.31 Å². The zero-order valence-corrected chi connectivity index (χ0v) is 15.9. The minimum atomic E-state index is -3.66. The predicted octanol–water partition coefficient (Wildman–Crippen LogP) is 0.313. The summed E-state index contributed by atoms with van der Waals surface area (Å²) in [5.41, 5.74) is 0.850. The number of carbonyl (C=O) groups excluding carboxylic acids is 2. The second-order valence-electron chi connectivity index (χ2n) is 6.32. The fourth-order valence-electron chi connectivity index (χ4n) is 3.16. The van der Waals surface area contributed by atoms with E-state index < -0.39 is 15.9 Å². The molecule has 0 atom stereocenters. The number of nitrogens with zero attached hydrogens (tertiary/aromatic N) is 3. The zero-order chi connectivity index (χ0) is 19.6. The van der Waals surface area contributed by atoms with Gasteiger partial charge in [-0.25, -0.2) is 8.42 Å². The van der Waals surface area contributed by atoms with Gasteiger partial charge in [-0.2, -0.15) is 4.31 Å². The van der Waals surface area contributed by atoms with Crippen LogP contribution in [0.4, 0.5) is 0 Å². The number of sulfonamides is 1. The lowest BCUT2D eigenvalue weighted by atomic mass is 10.2. The molecule has 1 aromatic carbocycles. The molecule has 1 aliphatic heterocycles. The average molecular weight is 390 g/mol. The predicted molar refractivity (Wildman–Crippen MR) is 101 cm³/mol. The first-order valence-corrected chi connectivity index (χ1v) is 10.0. The molecule has 8 nitrogen and oxygen atoms in total. The van der Waals surface area contributed by atoms with Gasteiger partial charge in [0.25, 0.3) is 0 Å². The van der Waals surface area contributed by atoms with E-state index in [9.17, 15) is 18.0 Å². The maximum absolute atomic E-state index is 13.1. The molecule has 2 heterocycles. The van der Waals surface area contributed by atoms with E-state index in [2.05, 4.69) is 11.9 Å². The largest absolute Gasteiger partial charge is 0.351 e. The standard InChI is InChI=1S/C18H22N4O4S/c1-3-17(23)19-13-18(24)21-9-11-22(12-10-21)27(25,26)16-6-4-5-15-14(16)7-8-20(15)2/h3-8H,1,9-13H2,2H3,(H,19,23). The number of rotatable bonds is 5. The van der Waals surface area contributed by atoms with Crippen LogP contribution in [0.3, 0.4) is 0 Å². The molecule has 1 N–H and O–H groups in total. The second kappa shape index (κ2) is 7.53. The van der Waals surface area contributed by atoms with Gasteiger partial charge in [0, 0.05) is 50.3 Å². The number of aryl methyl sites for hydroxylation is 1. The topological polar surface area (TPSA) is 91.7 Å². The number of amides is 2. The summed E-state index contributed by atoms with van der Waals surface area (Å²) in [6.45, 7) is 4.20. The summed E-state index contributed by atoms with van der Waals surface area (Å²) < 4.78 is 29.5.